The molecule has 0 fully saturated rings. The SMILES string of the molecule is Cc1cc(F)c(C#N)c(Cl)c1.Cc1ccc(Cl)c(C#N)c1F.N#Cc1c(F)cccc1Cl. The maximum absolute atomic E-state index is 13.0. The van der Waals surface area contributed by atoms with E-state index in [1.807, 2.05) is 0 Å². The number of aryl methyl sites for hydroxylation is 2. The van der Waals surface area contributed by atoms with Crippen LogP contribution in [0.1, 0.15) is 27.8 Å². The molecule has 0 aliphatic carbocycles. The molecule has 0 aliphatic heterocycles. The van der Waals surface area contributed by atoms with Gasteiger partial charge in [-0.25, -0.2) is 13.2 Å². The number of rotatable bonds is 0. The Morgan fingerprint density at radius 2 is 1.19 bits per heavy atom. The molecule has 0 heterocycles. The molecule has 0 saturated heterocycles. The van der Waals surface area contributed by atoms with Crippen LogP contribution in [0.3, 0.4) is 0 Å². The number of hydrogen-bond acceptors (Lipinski definition) is 3. The van der Waals surface area contributed by atoms with Gasteiger partial charge in [0.1, 0.15) is 52.3 Å². The monoisotopic (exact) mass is 493 g/mol. The first-order chi connectivity index (χ1) is 15.1. The van der Waals surface area contributed by atoms with Gasteiger partial charge in [-0.2, -0.15) is 15.8 Å². The minimum absolute atomic E-state index is 0.0772. The van der Waals surface area contributed by atoms with E-state index in [2.05, 4.69) is 0 Å². The Bertz CT molecular complexity index is 1210. The molecule has 0 aromatic heterocycles. The summed E-state index contributed by atoms with van der Waals surface area (Å²) in [4.78, 5) is 0. The van der Waals surface area contributed by atoms with E-state index in [0.29, 0.717) is 11.1 Å². The fourth-order valence-corrected chi connectivity index (χ4v) is 2.87. The Morgan fingerprint density at radius 3 is 1.62 bits per heavy atom. The van der Waals surface area contributed by atoms with Crippen molar-refractivity contribution < 1.29 is 13.2 Å². The normalized spacial score (nSPS) is 9.16. The van der Waals surface area contributed by atoms with Gasteiger partial charge in [0, 0.05) is 0 Å². The van der Waals surface area contributed by atoms with Crippen molar-refractivity contribution in [1.82, 2.24) is 0 Å². The minimum Gasteiger partial charge on any atom is -0.205 e. The largest absolute Gasteiger partial charge is 0.205 e. The molecule has 9 heteroatoms. The van der Waals surface area contributed by atoms with E-state index in [9.17, 15) is 13.2 Å². The molecule has 32 heavy (non-hydrogen) atoms. The van der Waals surface area contributed by atoms with E-state index in [0.717, 1.165) is 0 Å². The van der Waals surface area contributed by atoms with Gasteiger partial charge in [0.2, 0.25) is 0 Å². The molecule has 0 unspecified atom stereocenters. The van der Waals surface area contributed by atoms with E-state index in [4.69, 9.17) is 50.6 Å². The fraction of sp³-hybridized carbons (Fsp3) is 0.0870. The average molecular weight is 495 g/mol. The molecule has 0 bridgehead atoms. The Morgan fingerprint density at radius 1 is 0.656 bits per heavy atom. The highest BCUT2D eigenvalue weighted by molar-refractivity contribution is 6.32. The highest BCUT2D eigenvalue weighted by atomic mass is 35.5. The van der Waals surface area contributed by atoms with Crippen molar-refractivity contribution in [2.24, 2.45) is 0 Å². The topological polar surface area (TPSA) is 71.4 Å². The molecule has 0 atom stereocenters. The summed E-state index contributed by atoms with van der Waals surface area (Å²) in [6.45, 7) is 3.31. The number of hydrogen-bond donors (Lipinski definition) is 0. The van der Waals surface area contributed by atoms with Crippen molar-refractivity contribution in [3.8, 4) is 18.2 Å². The van der Waals surface area contributed by atoms with Crippen molar-refractivity contribution in [3.63, 3.8) is 0 Å². The van der Waals surface area contributed by atoms with Crippen molar-refractivity contribution in [3.05, 3.63) is 103 Å². The van der Waals surface area contributed by atoms with Gasteiger partial charge in [-0.15, -0.1) is 0 Å². The maximum Gasteiger partial charge on any atom is 0.145 e. The molecular weight excluding hydrogens is 482 g/mol. The van der Waals surface area contributed by atoms with Gasteiger partial charge in [-0.3, -0.25) is 0 Å². The average Bonchev–Trinajstić information content (AvgIpc) is 2.72. The summed E-state index contributed by atoms with van der Waals surface area (Å²) in [7, 11) is 0. The first-order valence-corrected chi connectivity index (χ1v) is 9.75. The van der Waals surface area contributed by atoms with Crippen LogP contribution >= 0.6 is 34.8 Å². The lowest BCUT2D eigenvalue weighted by molar-refractivity contribution is 0.614. The zero-order chi connectivity index (χ0) is 24.4. The minimum atomic E-state index is -0.574. The number of nitrogens with zero attached hydrogens (tertiary/aromatic N) is 3. The van der Waals surface area contributed by atoms with E-state index < -0.39 is 17.5 Å². The van der Waals surface area contributed by atoms with Gasteiger partial charge in [-0.1, -0.05) is 46.9 Å². The first-order valence-electron chi connectivity index (χ1n) is 8.61. The molecule has 3 aromatic carbocycles. The molecule has 3 aromatic rings. The Balaban J connectivity index is 0.000000240. The third-order valence-electron chi connectivity index (χ3n) is 3.77. The molecule has 3 rings (SSSR count). The van der Waals surface area contributed by atoms with Crippen molar-refractivity contribution in [2.75, 3.05) is 0 Å². The molecule has 162 valence electrons. The number of nitriles is 3. The van der Waals surface area contributed by atoms with Gasteiger partial charge in [0.05, 0.1) is 15.1 Å². The fourth-order valence-electron chi connectivity index (χ4n) is 2.17. The second-order valence-corrected chi connectivity index (χ2v) is 7.31. The highest BCUT2D eigenvalue weighted by Gasteiger charge is 2.08. The van der Waals surface area contributed by atoms with Crippen molar-refractivity contribution in [2.45, 2.75) is 13.8 Å². The Labute approximate surface area is 198 Å². The standard InChI is InChI=1S/2C8H5ClFN.C7H3ClFN/c1-5-2-7(9)6(4-11)8(10)3-5;1-5-2-3-7(9)6(4-11)8(5)10;8-6-2-1-3-7(9)5(6)4-10/h2*2-3H,1H3;1-3H. The van der Waals surface area contributed by atoms with Gasteiger partial charge in [-0.05, 0) is 55.3 Å². The molecule has 0 saturated carbocycles. The Kier molecular flexibility index (Phi) is 10.6. The van der Waals surface area contributed by atoms with E-state index in [1.165, 1.54) is 30.3 Å². The lowest BCUT2D eigenvalue weighted by Crippen LogP contribution is -1.88. The summed E-state index contributed by atoms with van der Waals surface area (Å²) in [5.74, 6) is -1.66. The van der Waals surface area contributed by atoms with Crippen LogP contribution in [0.5, 0.6) is 0 Å². The van der Waals surface area contributed by atoms with Crippen LogP contribution in [0.4, 0.5) is 13.2 Å². The van der Waals surface area contributed by atoms with Crippen LogP contribution in [-0.4, -0.2) is 0 Å². The summed E-state index contributed by atoms with van der Waals surface area (Å²) in [6, 6.07) is 15.1. The quantitative estimate of drug-likeness (QED) is 0.322. The van der Waals surface area contributed by atoms with Gasteiger partial charge < -0.3 is 0 Å². The number of halogens is 6. The third-order valence-corrected chi connectivity index (χ3v) is 4.70. The summed E-state index contributed by atoms with van der Waals surface area (Å²) in [5, 5.41) is 25.7. The smallest absolute Gasteiger partial charge is 0.145 e. The second-order valence-electron chi connectivity index (χ2n) is 6.09. The maximum atomic E-state index is 13.0. The van der Waals surface area contributed by atoms with Crippen molar-refractivity contribution >= 4 is 34.8 Å². The van der Waals surface area contributed by atoms with Crippen LogP contribution < -0.4 is 0 Å². The molecule has 3 nitrogen and oxygen atoms in total. The van der Waals surface area contributed by atoms with Crippen LogP contribution in [0, 0.1) is 65.3 Å². The van der Waals surface area contributed by atoms with Gasteiger partial charge in [0.25, 0.3) is 0 Å². The van der Waals surface area contributed by atoms with E-state index in [1.54, 1.807) is 44.2 Å². The lowest BCUT2D eigenvalue weighted by Gasteiger charge is -1.98. The summed E-state index contributed by atoms with van der Waals surface area (Å²) < 4.78 is 38.3. The zero-order valence-electron chi connectivity index (χ0n) is 16.7. The van der Waals surface area contributed by atoms with Crippen molar-refractivity contribution in [1.29, 1.82) is 15.8 Å². The predicted octanol–water partition coefficient (Wildman–Crippen LogP) is 7.67. The van der Waals surface area contributed by atoms with Crippen LogP contribution in [0.2, 0.25) is 15.1 Å². The van der Waals surface area contributed by atoms with Gasteiger partial charge >= 0.3 is 0 Å². The summed E-state index contributed by atoms with van der Waals surface area (Å²) in [5.41, 5.74) is 0.894. The Hall–Kier alpha value is -3.21. The van der Waals surface area contributed by atoms with Crippen LogP contribution in [0.15, 0.2) is 42.5 Å². The molecule has 0 spiro atoms. The third kappa shape index (κ3) is 7.19. The van der Waals surface area contributed by atoms with Gasteiger partial charge in [0.15, 0.2) is 0 Å². The predicted molar refractivity (Wildman–Crippen MR) is 118 cm³/mol. The zero-order valence-corrected chi connectivity index (χ0v) is 18.9. The van der Waals surface area contributed by atoms with E-state index in [-0.39, 0.29) is 31.8 Å². The van der Waals surface area contributed by atoms with Crippen LogP contribution in [0.25, 0.3) is 0 Å². The molecular formula is C23H13Cl3F3N3. The lowest BCUT2D eigenvalue weighted by atomic mass is 10.1. The molecule has 0 radical (unpaired) electrons. The second kappa shape index (κ2) is 12.6. The molecule has 0 amide bonds. The molecule has 0 N–H and O–H groups in total. The van der Waals surface area contributed by atoms with Crippen LogP contribution in [-0.2, 0) is 0 Å². The van der Waals surface area contributed by atoms with E-state index >= 15 is 0 Å². The first kappa shape index (κ1) is 26.8. The summed E-state index contributed by atoms with van der Waals surface area (Å²) in [6.07, 6.45) is 0. The highest BCUT2D eigenvalue weighted by Crippen LogP contribution is 2.21. The summed E-state index contributed by atoms with van der Waals surface area (Å²) >= 11 is 16.6. The number of benzene rings is 3. The molecule has 0 aliphatic rings.